The van der Waals surface area contributed by atoms with Gasteiger partial charge in [-0.2, -0.15) is 4.39 Å². The van der Waals surface area contributed by atoms with Crippen LogP contribution < -0.4 is 4.74 Å². The van der Waals surface area contributed by atoms with E-state index in [0.717, 1.165) is 12.0 Å². The molecule has 1 unspecified atom stereocenters. The van der Waals surface area contributed by atoms with E-state index in [-0.39, 0.29) is 5.75 Å². The third-order valence-corrected chi connectivity index (χ3v) is 6.25. The second kappa shape index (κ2) is 11.8. The van der Waals surface area contributed by atoms with Crippen LogP contribution in [0.4, 0.5) is 8.78 Å². The fourth-order valence-corrected chi connectivity index (χ4v) is 4.28. The summed E-state index contributed by atoms with van der Waals surface area (Å²) < 4.78 is 32.6. The highest BCUT2D eigenvalue weighted by atomic mass is 19.2. The van der Waals surface area contributed by atoms with Crippen molar-refractivity contribution in [2.24, 2.45) is 0 Å². The van der Waals surface area contributed by atoms with Crippen molar-refractivity contribution in [1.29, 1.82) is 0 Å². The number of methoxy groups -OCH3 is 1. The Balaban J connectivity index is 1.49. The third kappa shape index (κ3) is 6.53. The van der Waals surface area contributed by atoms with Gasteiger partial charge in [-0.3, -0.25) is 0 Å². The molecule has 0 aromatic heterocycles. The minimum atomic E-state index is -0.912. The number of hydrogen-bond donors (Lipinski definition) is 0. The lowest BCUT2D eigenvalue weighted by atomic mass is 9.83. The Morgan fingerprint density at radius 2 is 1.81 bits per heavy atom. The van der Waals surface area contributed by atoms with E-state index in [1.807, 2.05) is 12.2 Å². The lowest BCUT2D eigenvalue weighted by Gasteiger charge is -2.22. The van der Waals surface area contributed by atoms with Gasteiger partial charge in [0.15, 0.2) is 11.6 Å². The summed E-state index contributed by atoms with van der Waals surface area (Å²) in [5, 5.41) is 0. The topological polar surface area (TPSA) is 9.23 Å². The first-order valence-corrected chi connectivity index (χ1v) is 11.6. The fourth-order valence-electron chi connectivity index (χ4n) is 4.28. The maximum absolute atomic E-state index is 14.0. The number of aryl methyl sites for hydroxylation is 1. The van der Waals surface area contributed by atoms with Crippen LogP contribution >= 0.6 is 0 Å². The van der Waals surface area contributed by atoms with Crippen LogP contribution in [0.1, 0.15) is 80.9 Å². The van der Waals surface area contributed by atoms with Crippen LogP contribution in [-0.4, -0.2) is 7.11 Å². The molecule has 1 aliphatic rings. The summed E-state index contributed by atoms with van der Waals surface area (Å²) in [6.45, 7) is 2.26. The number of ether oxygens (including phenoxy) is 1. The number of unbranched alkanes of at least 4 members (excludes halogenated alkanes) is 2. The summed E-state index contributed by atoms with van der Waals surface area (Å²) in [5.74, 6) is -1.16. The molecular formula is C28H34F2O. The second-order valence-corrected chi connectivity index (χ2v) is 8.45. The monoisotopic (exact) mass is 424 g/mol. The number of allylic oxidation sites excluding steroid dienone is 3. The molecular weight excluding hydrogens is 390 g/mol. The van der Waals surface area contributed by atoms with E-state index >= 15 is 0 Å². The van der Waals surface area contributed by atoms with Crippen LogP contribution in [0.15, 0.2) is 54.1 Å². The molecule has 0 aliphatic heterocycles. The van der Waals surface area contributed by atoms with E-state index in [2.05, 4.69) is 37.3 Å². The van der Waals surface area contributed by atoms with Gasteiger partial charge in [0.05, 0.1) is 7.11 Å². The predicted octanol–water partition coefficient (Wildman–Crippen LogP) is 8.39. The Bertz CT molecular complexity index is 896. The maximum atomic E-state index is 14.0. The average Bonchev–Trinajstić information content (AvgIpc) is 2.80. The van der Waals surface area contributed by atoms with Crippen LogP contribution in [0.3, 0.4) is 0 Å². The Hall–Kier alpha value is -2.42. The molecule has 1 nitrogen and oxygen atoms in total. The molecule has 3 rings (SSSR count). The van der Waals surface area contributed by atoms with Gasteiger partial charge in [0.25, 0.3) is 0 Å². The van der Waals surface area contributed by atoms with Crippen LogP contribution in [0.5, 0.6) is 5.75 Å². The van der Waals surface area contributed by atoms with Gasteiger partial charge in [0.1, 0.15) is 0 Å². The van der Waals surface area contributed by atoms with E-state index in [9.17, 15) is 8.78 Å². The SMILES string of the molecule is CCCCCC1=CCC(c2ccc(/C=C/CCc3ccc(OC)c(F)c3F)cc2)CC1. The lowest BCUT2D eigenvalue weighted by molar-refractivity contribution is 0.370. The summed E-state index contributed by atoms with van der Waals surface area (Å²) in [4.78, 5) is 0. The van der Waals surface area contributed by atoms with Crippen molar-refractivity contribution in [1.82, 2.24) is 0 Å². The van der Waals surface area contributed by atoms with Crippen LogP contribution in [0.25, 0.3) is 6.08 Å². The van der Waals surface area contributed by atoms with Gasteiger partial charge in [-0.25, -0.2) is 4.39 Å². The van der Waals surface area contributed by atoms with E-state index in [1.165, 1.54) is 57.3 Å². The molecule has 3 heteroatoms. The molecule has 0 N–H and O–H groups in total. The van der Waals surface area contributed by atoms with Crippen LogP contribution in [0, 0.1) is 11.6 Å². The summed E-state index contributed by atoms with van der Waals surface area (Å²) in [5.41, 5.74) is 4.57. The van der Waals surface area contributed by atoms with Crippen molar-refractivity contribution in [2.45, 2.75) is 70.6 Å². The Morgan fingerprint density at radius 3 is 2.48 bits per heavy atom. The molecule has 0 heterocycles. The molecule has 2 aromatic rings. The summed E-state index contributed by atoms with van der Waals surface area (Å²) >= 11 is 0. The number of benzene rings is 2. The van der Waals surface area contributed by atoms with Gasteiger partial charge in [-0.05, 0) is 73.6 Å². The van der Waals surface area contributed by atoms with Crippen molar-refractivity contribution in [3.8, 4) is 5.75 Å². The first kappa shape index (κ1) is 23.2. The maximum Gasteiger partial charge on any atom is 0.200 e. The smallest absolute Gasteiger partial charge is 0.200 e. The molecule has 31 heavy (non-hydrogen) atoms. The Labute approximate surface area is 185 Å². The van der Waals surface area contributed by atoms with E-state index < -0.39 is 11.6 Å². The molecule has 0 spiro atoms. The quantitative estimate of drug-likeness (QED) is 0.275. The van der Waals surface area contributed by atoms with Gasteiger partial charge in [-0.1, -0.05) is 73.9 Å². The Kier molecular flexibility index (Phi) is 8.87. The molecule has 0 saturated heterocycles. The fraction of sp³-hybridized carbons (Fsp3) is 0.429. The lowest BCUT2D eigenvalue weighted by Crippen LogP contribution is -2.04. The molecule has 0 fully saturated rings. The van der Waals surface area contributed by atoms with Crippen molar-refractivity contribution < 1.29 is 13.5 Å². The largest absolute Gasteiger partial charge is 0.494 e. The zero-order chi connectivity index (χ0) is 22.1. The van der Waals surface area contributed by atoms with Crippen LogP contribution in [0.2, 0.25) is 0 Å². The molecule has 1 aliphatic carbocycles. The third-order valence-electron chi connectivity index (χ3n) is 6.25. The van der Waals surface area contributed by atoms with Crippen LogP contribution in [-0.2, 0) is 6.42 Å². The highest BCUT2D eigenvalue weighted by Crippen LogP contribution is 2.34. The van der Waals surface area contributed by atoms with E-state index in [1.54, 1.807) is 11.6 Å². The summed E-state index contributed by atoms with van der Waals surface area (Å²) in [7, 11) is 1.34. The summed E-state index contributed by atoms with van der Waals surface area (Å²) in [6, 6.07) is 11.8. The number of hydrogen-bond acceptors (Lipinski definition) is 1. The minimum absolute atomic E-state index is 0.0574. The van der Waals surface area contributed by atoms with Crippen molar-refractivity contribution >= 4 is 6.08 Å². The van der Waals surface area contributed by atoms with E-state index in [0.29, 0.717) is 24.3 Å². The highest BCUT2D eigenvalue weighted by Gasteiger charge is 2.16. The molecule has 0 radical (unpaired) electrons. The molecule has 2 aromatic carbocycles. The van der Waals surface area contributed by atoms with Gasteiger partial charge in [0, 0.05) is 0 Å². The second-order valence-electron chi connectivity index (χ2n) is 8.45. The van der Waals surface area contributed by atoms with Gasteiger partial charge >= 0.3 is 0 Å². The predicted molar refractivity (Wildman–Crippen MR) is 126 cm³/mol. The standard InChI is InChI=1S/C28H34F2O/c1-3-4-5-8-21-11-15-23(16-12-21)24-17-13-22(14-18-24)9-6-7-10-25-19-20-26(31-2)28(30)27(25)29/h6,9,11,13-14,17-20,23H,3-5,7-8,10,12,15-16H2,1-2H3/b9-6+. The zero-order valence-corrected chi connectivity index (χ0v) is 18.8. The average molecular weight is 425 g/mol. The first-order valence-electron chi connectivity index (χ1n) is 11.6. The zero-order valence-electron chi connectivity index (χ0n) is 18.8. The van der Waals surface area contributed by atoms with Gasteiger partial charge in [-0.15, -0.1) is 0 Å². The van der Waals surface area contributed by atoms with Crippen molar-refractivity contribution in [3.05, 3.63) is 82.4 Å². The number of rotatable bonds is 10. The normalized spacial score (nSPS) is 16.5. The summed E-state index contributed by atoms with van der Waals surface area (Å²) in [6.07, 6.45) is 16.5. The van der Waals surface area contributed by atoms with Gasteiger partial charge < -0.3 is 4.74 Å². The molecule has 166 valence electrons. The molecule has 0 bridgehead atoms. The molecule has 0 saturated carbocycles. The molecule has 1 atom stereocenters. The molecule has 0 amide bonds. The minimum Gasteiger partial charge on any atom is -0.494 e. The van der Waals surface area contributed by atoms with E-state index in [4.69, 9.17) is 4.74 Å². The number of halogens is 2. The van der Waals surface area contributed by atoms with Crippen molar-refractivity contribution in [3.63, 3.8) is 0 Å². The van der Waals surface area contributed by atoms with Crippen molar-refractivity contribution in [2.75, 3.05) is 7.11 Å². The first-order chi connectivity index (χ1) is 15.1. The highest BCUT2D eigenvalue weighted by molar-refractivity contribution is 5.50. The Morgan fingerprint density at radius 1 is 1.00 bits per heavy atom. The van der Waals surface area contributed by atoms with Gasteiger partial charge in [0.2, 0.25) is 5.82 Å².